The molecule has 4 N–H and O–H groups in total. The van der Waals surface area contributed by atoms with Gasteiger partial charge in [-0.3, -0.25) is 19.4 Å². The molecule has 37 heavy (non-hydrogen) atoms. The number of carbonyl (C=O) groups is 4. The lowest BCUT2D eigenvalue weighted by Crippen LogP contribution is -2.50. The van der Waals surface area contributed by atoms with Crippen LogP contribution in [0.25, 0.3) is 0 Å². The zero-order valence-electron chi connectivity index (χ0n) is 19.1. The van der Waals surface area contributed by atoms with E-state index in [0.717, 1.165) is 0 Å². The maximum Gasteiger partial charge on any atom is 0.405 e. The number of hydrogen-bond acceptors (Lipinski definition) is 7. The highest BCUT2D eigenvalue weighted by atomic mass is 19.2. The molecule has 1 aromatic carbocycles. The summed E-state index contributed by atoms with van der Waals surface area (Å²) in [6.07, 6.45) is -1.49. The smallest absolute Gasteiger partial charge is 0.405 e. The summed E-state index contributed by atoms with van der Waals surface area (Å²) >= 11 is 0. The van der Waals surface area contributed by atoms with Gasteiger partial charge in [-0.15, -0.1) is 0 Å². The summed E-state index contributed by atoms with van der Waals surface area (Å²) in [5.74, 6) is -11.7. The first-order chi connectivity index (χ1) is 17.6. The summed E-state index contributed by atoms with van der Waals surface area (Å²) in [7, 11) is 0. The van der Waals surface area contributed by atoms with Crippen LogP contribution in [0.4, 0.5) is 22.4 Å². The van der Waals surface area contributed by atoms with Crippen molar-refractivity contribution in [2.24, 2.45) is 11.7 Å². The highest BCUT2D eigenvalue weighted by Crippen LogP contribution is 2.26. The predicted molar refractivity (Wildman–Crippen MR) is 117 cm³/mol. The molecule has 0 aliphatic carbocycles. The third kappa shape index (κ3) is 7.15. The molecule has 3 atom stereocenters. The highest BCUT2D eigenvalue weighted by Gasteiger charge is 2.34. The highest BCUT2D eigenvalue weighted by molar-refractivity contribution is 5.92. The van der Waals surface area contributed by atoms with E-state index in [1.807, 2.05) is 0 Å². The van der Waals surface area contributed by atoms with Crippen molar-refractivity contribution in [3.63, 3.8) is 0 Å². The maximum absolute atomic E-state index is 13.9. The van der Waals surface area contributed by atoms with Crippen LogP contribution in [0.1, 0.15) is 18.5 Å². The van der Waals surface area contributed by atoms with E-state index in [0.29, 0.717) is 18.7 Å². The number of aromatic nitrogens is 1. The van der Waals surface area contributed by atoms with Crippen LogP contribution in [-0.2, 0) is 25.5 Å². The first-order valence-electron chi connectivity index (χ1n) is 11.0. The van der Waals surface area contributed by atoms with E-state index in [1.54, 1.807) is 18.2 Å². The van der Waals surface area contributed by atoms with Crippen molar-refractivity contribution in [1.82, 2.24) is 15.6 Å². The van der Waals surface area contributed by atoms with Gasteiger partial charge in [-0.2, -0.15) is 8.78 Å². The van der Waals surface area contributed by atoms with E-state index < -0.39 is 77.4 Å². The second-order valence-electron chi connectivity index (χ2n) is 8.08. The average molecular weight is 526 g/mol. The van der Waals surface area contributed by atoms with Crippen molar-refractivity contribution in [1.29, 1.82) is 0 Å². The SMILES string of the molecule is NC(=O)OC(Cc1ccccn1)C(=O)NC(C[C@@H]1CCNC1=O)C(=O)COc1c(F)c(F)cc(F)c1F. The number of ether oxygens (including phenoxy) is 2. The molecule has 14 heteroatoms. The van der Waals surface area contributed by atoms with Crippen LogP contribution in [0.2, 0.25) is 0 Å². The Hall–Kier alpha value is -4.23. The molecule has 0 spiro atoms. The lowest BCUT2D eigenvalue weighted by atomic mass is 9.95. The van der Waals surface area contributed by atoms with E-state index in [4.69, 9.17) is 15.2 Å². The summed E-state index contributed by atoms with van der Waals surface area (Å²) in [6.45, 7) is -0.793. The van der Waals surface area contributed by atoms with Gasteiger partial charge in [0.1, 0.15) is 6.61 Å². The van der Waals surface area contributed by atoms with Crippen molar-refractivity contribution in [2.45, 2.75) is 31.4 Å². The number of ketones is 1. The molecule has 0 radical (unpaired) electrons. The van der Waals surface area contributed by atoms with E-state index in [2.05, 4.69) is 15.6 Å². The molecule has 1 aliphatic heterocycles. The van der Waals surface area contributed by atoms with Crippen molar-refractivity contribution < 1.29 is 46.2 Å². The van der Waals surface area contributed by atoms with Crippen LogP contribution < -0.4 is 21.1 Å². The number of halogens is 4. The lowest BCUT2D eigenvalue weighted by Gasteiger charge is -2.23. The zero-order valence-corrected chi connectivity index (χ0v) is 19.1. The van der Waals surface area contributed by atoms with Gasteiger partial charge in [0.2, 0.25) is 17.5 Å². The summed E-state index contributed by atoms with van der Waals surface area (Å²) in [5.41, 5.74) is 5.41. The van der Waals surface area contributed by atoms with Gasteiger partial charge >= 0.3 is 6.09 Å². The number of nitrogens with two attached hydrogens (primary N) is 1. The molecule has 2 aromatic rings. The topological polar surface area (TPSA) is 150 Å². The number of primary amides is 1. The second-order valence-corrected chi connectivity index (χ2v) is 8.08. The first-order valence-corrected chi connectivity index (χ1v) is 11.0. The van der Waals surface area contributed by atoms with E-state index >= 15 is 0 Å². The van der Waals surface area contributed by atoms with Crippen LogP contribution >= 0.6 is 0 Å². The molecule has 0 bridgehead atoms. The van der Waals surface area contributed by atoms with Gasteiger partial charge in [0.15, 0.2) is 29.3 Å². The number of carbonyl (C=O) groups excluding carboxylic acids is 4. The predicted octanol–water partition coefficient (Wildman–Crippen LogP) is 1.30. The van der Waals surface area contributed by atoms with Crippen LogP contribution in [0.5, 0.6) is 5.75 Å². The Labute approximate surface area is 207 Å². The van der Waals surface area contributed by atoms with Gasteiger partial charge < -0.3 is 25.8 Å². The Morgan fingerprint density at radius 2 is 1.86 bits per heavy atom. The van der Waals surface area contributed by atoms with E-state index in [9.17, 15) is 36.7 Å². The Balaban J connectivity index is 1.78. The molecule has 0 saturated carbocycles. The Morgan fingerprint density at radius 3 is 2.43 bits per heavy atom. The van der Waals surface area contributed by atoms with Crippen LogP contribution in [0.3, 0.4) is 0 Å². The standard InChI is InChI=1S/C23H22F4N4O6/c24-13-9-14(25)19(27)20(18(13)26)36-10-16(32)15(7-11-4-6-30-21(11)33)31-22(34)17(37-23(28)35)8-12-3-1-2-5-29-12/h1-3,5,9,11,15,17H,4,6-8,10H2,(H2,28,35)(H,30,33)(H,31,34)/t11-,15?,17?/m0/s1. The molecular weight excluding hydrogens is 504 g/mol. The number of hydrogen-bond donors (Lipinski definition) is 3. The van der Waals surface area contributed by atoms with Crippen molar-refractivity contribution in [3.8, 4) is 5.75 Å². The normalized spacial score (nSPS) is 16.4. The fourth-order valence-electron chi connectivity index (χ4n) is 3.65. The number of benzene rings is 1. The minimum absolute atomic E-state index is 0.0262. The molecular formula is C23H22F4N4O6. The summed E-state index contributed by atoms with van der Waals surface area (Å²) in [5, 5.41) is 4.90. The van der Waals surface area contributed by atoms with Crippen molar-refractivity contribution in [3.05, 3.63) is 59.4 Å². The Morgan fingerprint density at radius 1 is 1.16 bits per heavy atom. The Bertz CT molecular complexity index is 1160. The van der Waals surface area contributed by atoms with Gasteiger partial charge in [-0.25, -0.2) is 13.6 Å². The molecule has 2 unspecified atom stereocenters. The summed E-state index contributed by atoms with van der Waals surface area (Å²) in [4.78, 5) is 53.2. The van der Waals surface area contributed by atoms with Gasteiger partial charge in [0.05, 0.1) is 6.04 Å². The third-order valence-corrected chi connectivity index (χ3v) is 5.49. The number of amides is 3. The second kappa shape index (κ2) is 12.1. The molecule has 1 aliphatic rings. The van der Waals surface area contributed by atoms with Crippen molar-refractivity contribution in [2.75, 3.05) is 13.2 Å². The number of pyridine rings is 1. The molecule has 10 nitrogen and oxygen atoms in total. The molecule has 198 valence electrons. The molecule has 3 amide bonds. The van der Waals surface area contributed by atoms with Crippen LogP contribution in [0, 0.1) is 29.2 Å². The van der Waals surface area contributed by atoms with Gasteiger partial charge in [0, 0.05) is 36.8 Å². The van der Waals surface area contributed by atoms with Gasteiger partial charge in [-0.05, 0) is 25.0 Å². The van der Waals surface area contributed by atoms with Crippen LogP contribution in [-0.4, -0.2) is 54.0 Å². The number of rotatable bonds is 11. The number of Topliss-reactive ketones (excluding diaryl/α,β-unsaturated/α-hetero) is 1. The maximum atomic E-state index is 13.9. The van der Waals surface area contributed by atoms with Gasteiger partial charge in [-0.1, -0.05) is 6.07 Å². The third-order valence-electron chi connectivity index (χ3n) is 5.49. The zero-order chi connectivity index (χ0) is 27.1. The first kappa shape index (κ1) is 27.4. The quantitative estimate of drug-likeness (QED) is 0.295. The largest absolute Gasteiger partial charge is 0.479 e. The molecule has 3 rings (SSSR count). The molecule has 1 aromatic heterocycles. The molecule has 1 saturated heterocycles. The summed E-state index contributed by atoms with van der Waals surface area (Å²) in [6, 6.07) is 3.29. The average Bonchev–Trinajstić information content (AvgIpc) is 3.26. The molecule has 1 fully saturated rings. The van der Waals surface area contributed by atoms with Crippen LogP contribution in [0.15, 0.2) is 30.5 Å². The number of nitrogens with one attached hydrogen (secondary N) is 2. The fourth-order valence-corrected chi connectivity index (χ4v) is 3.65. The minimum atomic E-state index is -1.85. The minimum Gasteiger partial charge on any atom is -0.479 e. The van der Waals surface area contributed by atoms with Gasteiger partial charge in [0.25, 0.3) is 5.91 Å². The van der Waals surface area contributed by atoms with E-state index in [1.165, 1.54) is 6.20 Å². The molecule has 2 heterocycles. The fraction of sp³-hybridized carbons (Fsp3) is 0.348. The van der Waals surface area contributed by atoms with E-state index in [-0.39, 0.29) is 18.9 Å². The summed E-state index contributed by atoms with van der Waals surface area (Å²) < 4.78 is 64.3. The Kier molecular flexibility index (Phi) is 8.98. The lowest BCUT2D eigenvalue weighted by molar-refractivity contribution is -0.135. The number of nitrogens with zero attached hydrogens (tertiary/aromatic N) is 1. The van der Waals surface area contributed by atoms with Crippen molar-refractivity contribution >= 4 is 23.7 Å². The monoisotopic (exact) mass is 526 g/mol.